The fourth-order valence-electron chi connectivity index (χ4n) is 0.947. The summed E-state index contributed by atoms with van der Waals surface area (Å²) in [4.78, 5) is 11.7. The lowest BCUT2D eigenvalue weighted by molar-refractivity contribution is 1.21. The zero-order chi connectivity index (χ0) is 8.55. The van der Waals surface area contributed by atoms with Gasteiger partial charge in [-0.15, -0.1) is 0 Å². The minimum Gasteiger partial charge on any atom is -0.383 e. The molecule has 0 bridgehead atoms. The van der Waals surface area contributed by atoms with E-state index in [1.54, 1.807) is 12.3 Å². The van der Waals surface area contributed by atoms with Gasteiger partial charge < -0.3 is 5.73 Å². The van der Waals surface area contributed by atoms with Crippen molar-refractivity contribution in [3.8, 4) is 0 Å². The van der Waals surface area contributed by atoms with Gasteiger partial charge in [-0.1, -0.05) is 11.6 Å². The van der Waals surface area contributed by atoms with Crippen LogP contribution in [0.25, 0.3) is 10.9 Å². The van der Waals surface area contributed by atoms with Crippen LogP contribution in [0.15, 0.2) is 18.6 Å². The maximum absolute atomic E-state index is 5.66. The standard InChI is InChI=1S/C7H5ClN4/c8-6-1-5-4(2-10-6)7(9)12-3-11-5/h1-3H,(H2,9,11,12). The number of nitrogen functional groups attached to an aromatic ring is 1. The van der Waals surface area contributed by atoms with Crippen LogP contribution in [0.1, 0.15) is 0 Å². The third kappa shape index (κ3) is 1.06. The zero-order valence-corrected chi connectivity index (χ0v) is 6.78. The number of pyridine rings is 1. The summed E-state index contributed by atoms with van der Waals surface area (Å²) < 4.78 is 0. The van der Waals surface area contributed by atoms with Gasteiger partial charge >= 0.3 is 0 Å². The van der Waals surface area contributed by atoms with E-state index in [1.165, 1.54) is 6.33 Å². The van der Waals surface area contributed by atoms with Gasteiger partial charge in [0.2, 0.25) is 0 Å². The molecule has 0 aliphatic rings. The van der Waals surface area contributed by atoms with Gasteiger partial charge in [0.15, 0.2) is 0 Å². The van der Waals surface area contributed by atoms with E-state index in [0.29, 0.717) is 16.5 Å². The molecule has 0 unspecified atom stereocenters. The van der Waals surface area contributed by atoms with Gasteiger partial charge in [0, 0.05) is 12.3 Å². The van der Waals surface area contributed by atoms with Gasteiger partial charge in [-0.3, -0.25) is 0 Å². The summed E-state index contributed by atoms with van der Waals surface area (Å²) >= 11 is 5.66. The van der Waals surface area contributed by atoms with E-state index in [-0.39, 0.29) is 0 Å². The first-order chi connectivity index (χ1) is 5.77. The number of nitrogens with two attached hydrogens (primary N) is 1. The van der Waals surface area contributed by atoms with Crippen molar-refractivity contribution in [2.45, 2.75) is 0 Å². The van der Waals surface area contributed by atoms with Crippen molar-refractivity contribution in [1.29, 1.82) is 0 Å². The average molecular weight is 181 g/mol. The maximum Gasteiger partial charge on any atom is 0.136 e. The molecule has 0 aliphatic heterocycles. The van der Waals surface area contributed by atoms with Crippen LogP contribution in [0.5, 0.6) is 0 Å². The highest BCUT2D eigenvalue weighted by Gasteiger charge is 2.00. The molecule has 0 radical (unpaired) electrons. The van der Waals surface area contributed by atoms with E-state index in [4.69, 9.17) is 17.3 Å². The quantitative estimate of drug-likeness (QED) is 0.620. The van der Waals surface area contributed by atoms with Crippen molar-refractivity contribution in [2.75, 3.05) is 5.73 Å². The first kappa shape index (κ1) is 7.24. The van der Waals surface area contributed by atoms with E-state index >= 15 is 0 Å². The van der Waals surface area contributed by atoms with E-state index in [1.807, 2.05) is 0 Å². The van der Waals surface area contributed by atoms with Gasteiger partial charge in [0.05, 0.1) is 10.9 Å². The molecule has 2 rings (SSSR count). The molecule has 2 heterocycles. The molecule has 0 atom stereocenters. The van der Waals surface area contributed by atoms with E-state index < -0.39 is 0 Å². The number of rotatable bonds is 0. The van der Waals surface area contributed by atoms with Gasteiger partial charge in [-0.05, 0) is 0 Å². The fourth-order valence-corrected chi connectivity index (χ4v) is 1.10. The molecule has 5 heteroatoms. The Morgan fingerprint density at radius 2 is 2.08 bits per heavy atom. The van der Waals surface area contributed by atoms with Crippen LogP contribution in [0.4, 0.5) is 5.82 Å². The minimum atomic E-state index is 0.403. The normalized spacial score (nSPS) is 10.4. The number of nitrogens with zero attached hydrogens (tertiary/aromatic N) is 3. The highest BCUT2D eigenvalue weighted by atomic mass is 35.5. The van der Waals surface area contributed by atoms with Gasteiger partial charge in [-0.25, -0.2) is 15.0 Å². The zero-order valence-electron chi connectivity index (χ0n) is 6.03. The summed E-state index contributed by atoms with van der Waals surface area (Å²) in [5, 5.41) is 1.13. The van der Waals surface area contributed by atoms with Crippen molar-refractivity contribution in [1.82, 2.24) is 15.0 Å². The smallest absolute Gasteiger partial charge is 0.136 e. The average Bonchev–Trinajstić information content (AvgIpc) is 2.04. The molecule has 12 heavy (non-hydrogen) atoms. The molecular weight excluding hydrogens is 176 g/mol. The molecule has 2 aromatic rings. The lowest BCUT2D eigenvalue weighted by atomic mass is 10.3. The van der Waals surface area contributed by atoms with E-state index in [0.717, 1.165) is 5.39 Å². The third-order valence-electron chi connectivity index (χ3n) is 1.52. The molecule has 0 spiro atoms. The summed E-state index contributed by atoms with van der Waals surface area (Å²) in [5.41, 5.74) is 6.28. The largest absolute Gasteiger partial charge is 0.383 e. The van der Waals surface area contributed by atoms with E-state index in [9.17, 15) is 0 Å². The van der Waals surface area contributed by atoms with Crippen LogP contribution in [-0.2, 0) is 0 Å². The lowest BCUT2D eigenvalue weighted by Crippen LogP contribution is -1.93. The maximum atomic E-state index is 5.66. The SMILES string of the molecule is Nc1ncnc2cc(Cl)ncc12. The molecule has 0 aliphatic carbocycles. The molecule has 0 aromatic carbocycles. The van der Waals surface area contributed by atoms with E-state index in [2.05, 4.69) is 15.0 Å². The molecule has 0 amide bonds. The number of hydrogen-bond donors (Lipinski definition) is 1. The van der Waals surface area contributed by atoms with Crippen LogP contribution in [0.3, 0.4) is 0 Å². The second-order valence-electron chi connectivity index (χ2n) is 2.28. The van der Waals surface area contributed by atoms with Crippen molar-refractivity contribution in [3.05, 3.63) is 23.7 Å². The Labute approximate surface area is 73.4 Å². The Balaban J connectivity index is 2.86. The monoisotopic (exact) mass is 180 g/mol. The summed E-state index contributed by atoms with van der Waals surface area (Å²) in [5.74, 6) is 0.421. The molecule has 0 saturated heterocycles. The Kier molecular flexibility index (Phi) is 1.55. The highest BCUT2D eigenvalue weighted by Crippen LogP contribution is 2.17. The predicted octanol–water partition coefficient (Wildman–Crippen LogP) is 1.26. The first-order valence-corrected chi connectivity index (χ1v) is 3.67. The molecule has 0 saturated carbocycles. The number of aromatic nitrogens is 3. The van der Waals surface area contributed by atoms with Crippen molar-refractivity contribution in [2.24, 2.45) is 0 Å². The Bertz CT molecular complexity index is 429. The molecule has 2 aromatic heterocycles. The van der Waals surface area contributed by atoms with Crippen molar-refractivity contribution in [3.63, 3.8) is 0 Å². The summed E-state index contributed by atoms with van der Waals surface area (Å²) in [6.45, 7) is 0. The Hall–Kier alpha value is -1.42. The predicted molar refractivity (Wildman–Crippen MR) is 46.8 cm³/mol. The van der Waals surface area contributed by atoms with Crippen molar-refractivity contribution < 1.29 is 0 Å². The molecule has 2 N–H and O–H groups in total. The van der Waals surface area contributed by atoms with Crippen LogP contribution in [0.2, 0.25) is 5.15 Å². The summed E-state index contributed by atoms with van der Waals surface area (Å²) in [6.07, 6.45) is 2.96. The van der Waals surface area contributed by atoms with Crippen LogP contribution in [0, 0.1) is 0 Å². The van der Waals surface area contributed by atoms with Crippen LogP contribution in [-0.4, -0.2) is 15.0 Å². The fraction of sp³-hybridized carbons (Fsp3) is 0. The van der Waals surface area contributed by atoms with Gasteiger partial charge in [0.1, 0.15) is 17.3 Å². The minimum absolute atomic E-state index is 0.403. The number of hydrogen-bond acceptors (Lipinski definition) is 4. The first-order valence-electron chi connectivity index (χ1n) is 3.29. The number of halogens is 1. The van der Waals surface area contributed by atoms with Gasteiger partial charge in [-0.2, -0.15) is 0 Å². The molecule has 4 nitrogen and oxygen atoms in total. The number of anilines is 1. The second-order valence-corrected chi connectivity index (χ2v) is 2.67. The van der Waals surface area contributed by atoms with Crippen LogP contribution >= 0.6 is 11.6 Å². The lowest BCUT2D eigenvalue weighted by Gasteiger charge is -1.98. The molecule has 0 fully saturated rings. The third-order valence-corrected chi connectivity index (χ3v) is 1.73. The Morgan fingerprint density at radius 1 is 1.25 bits per heavy atom. The number of fused-ring (bicyclic) bond motifs is 1. The molecule has 60 valence electrons. The second kappa shape index (κ2) is 2.57. The van der Waals surface area contributed by atoms with Crippen LogP contribution < -0.4 is 5.73 Å². The van der Waals surface area contributed by atoms with Gasteiger partial charge in [0.25, 0.3) is 0 Å². The topological polar surface area (TPSA) is 64.7 Å². The summed E-state index contributed by atoms with van der Waals surface area (Å²) in [7, 11) is 0. The summed E-state index contributed by atoms with van der Waals surface area (Å²) in [6, 6.07) is 1.65. The Morgan fingerprint density at radius 3 is 2.92 bits per heavy atom. The molecular formula is C7H5ClN4. The van der Waals surface area contributed by atoms with Crippen molar-refractivity contribution >= 4 is 28.3 Å². The highest BCUT2D eigenvalue weighted by molar-refractivity contribution is 6.30.